The Balaban J connectivity index is 1.90. The molecule has 1 aromatic heterocycles. The van der Waals surface area contributed by atoms with Gasteiger partial charge in [-0.25, -0.2) is 0 Å². The zero-order chi connectivity index (χ0) is 15.6. The Morgan fingerprint density at radius 3 is 2.26 bits per heavy atom. The van der Waals surface area contributed by atoms with E-state index in [-0.39, 0.29) is 5.78 Å². The van der Waals surface area contributed by atoms with Gasteiger partial charge in [0.15, 0.2) is 5.78 Å². The SMILES string of the molecule is O=C(c1ccccc1)c1ccccc1-c1csc2ccccc12. The average molecular weight is 314 g/mol. The highest BCUT2D eigenvalue weighted by molar-refractivity contribution is 7.17. The van der Waals surface area contributed by atoms with Gasteiger partial charge in [-0.3, -0.25) is 4.79 Å². The Hall–Kier alpha value is -2.71. The van der Waals surface area contributed by atoms with E-state index in [4.69, 9.17) is 0 Å². The molecule has 0 radical (unpaired) electrons. The van der Waals surface area contributed by atoms with E-state index in [0.29, 0.717) is 0 Å². The summed E-state index contributed by atoms with van der Waals surface area (Å²) >= 11 is 1.71. The van der Waals surface area contributed by atoms with E-state index < -0.39 is 0 Å². The number of benzene rings is 3. The number of thiophene rings is 1. The Labute approximate surface area is 138 Å². The van der Waals surface area contributed by atoms with Crippen LogP contribution in [0.4, 0.5) is 0 Å². The normalized spacial score (nSPS) is 10.8. The molecule has 0 saturated carbocycles. The van der Waals surface area contributed by atoms with Gasteiger partial charge in [-0.1, -0.05) is 72.8 Å². The number of carbonyl (C=O) groups excluding carboxylic acids is 1. The maximum atomic E-state index is 12.9. The molecule has 1 heterocycles. The number of hydrogen-bond acceptors (Lipinski definition) is 2. The lowest BCUT2D eigenvalue weighted by molar-refractivity contribution is 0.103. The molecule has 0 aliphatic heterocycles. The molecule has 0 amide bonds. The molecule has 0 bridgehead atoms. The molecule has 110 valence electrons. The van der Waals surface area contributed by atoms with Crippen LogP contribution in [0, 0.1) is 0 Å². The molecule has 3 aromatic carbocycles. The number of hydrogen-bond donors (Lipinski definition) is 0. The third kappa shape index (κ3) is 2.47. The van der Waals surface area contributed by atoms with Crippen LogP contribution < -0.4 is 0 Å². The molecule has 1 nitrogen and oxygen atoms in total. The molecule has 0 aliphatic rings. The second kappa shape index (κ2) is 5.82. The number of carbonyl (C=O) groups is 1. The van der Waals surface area contributed by atoms with Crippen LogP contribution in [0.3, 0.4) is 0 Å². The zero-order valence-corrected chi connectivity index (χ0v) is 13.2. The van der Waals surface area contributed by atoms with Crippen LogP contribution in [0.5, 0.6) is 0 Å². The second-order valence-electron chi connectivity index (χ2n) is 5.39. The van der Waals surface area contributed by atoms with Gasteiger partial charge in [-0.05, 0) is 17.0 Å². The van der Waals surface area contributed by atoms with Crippen molar-refractivity contribution in [1.82, 2.24) is 0 Å². The Kier molecular flexibility index (Phi) is 3.52. The first kappa shape index (κ1) is 13.9. The molecule has 23 heavy (non-hydrogen) atoms. The molecule has 4 aromatic rings. The average Bonchev–Trinajstić information content (AvgIpc) is 3.06. The first-order chi connectivity index (χ1) is 11.3. The fourth-order valence-corrected chi connectivity index (χ4v) is 3.81. The first-order valence-corrected chi connectivity index (χ1v) is 8.38. The summed E-state index contributed by atoms with van der Waals surface area (Å²) in [4.78, 5) is 12.9. The van der Waals surface area contributed by atoms with Gasteiger partial charge in [0.2, 0.25) is 0 Å². The van der Waals surface area contributed by atoms with Gasteiger partial charge >= 0.3 is 0 Å². The molecular weight excluding hydrogens is 300 g/mol. The highest BCUT2D eigenvalue weighted by Crippen LogP contribution is 2.36. The molecule has 4 rings (SSSR count). The first-order valence-electron chi connectivity index (χ1n) is 7.50. The summed E-state index contributed by atoms with van der Waals surface area (Å²) in [6.45, 7) is 0. The van der Waals surface area contributed by atoms with Gasteiger partial charge in [0.1, 0.15) is 0 Å². The molecule has 0 spiro atoms. The lowest BCUT2D eigenvalue weighted by Gasteiger charge is -2.08. The quantitative estimate of drug-likeness (QED) is 0.437. The van der Waals surface area contributed by atoms with Crippen LogP contribution in [-0.2, 0) is 0 Å². The van der Waals surface area contributed by atoms with Crippen molar-refractivity contribution in [3.63, 3.8) is 0 Å². The minimum atomic E-state index is 0.0662. The van der Waals surface area contributed by atoms with Gasteiger partial charge in [0, 0.05) is 26.8 Å². The fraction of sp³-hybridized carbons (Fsp3) is 0. The molecule has 0 aliphatic carbocycles. The Morgan fingerprint density at radius 2 is 1.39 bits per heavy atom. The molecule has 0 N–H and O–H groups in total. The number of ketones is 1. The monoisotopic (exact) mass is 314 g/mol. The third-order valence-electron chi connectivity index (χ3n) is 3.98. The van der Waals surface area contributed by atoms with Crippen molar-refractivity contribution in [1.29, 1.82) is 0 Å². The van der Waals surface area contributed by atoms with E-state index in [2.05, 4.69) is 17.5 Å². The van der Waals surface area contributed by atoms with Crippen molar-refractivity contribution < 1.29 is 4.79 Å². The molecule has 0 saturated heterocycles. The van der Waals surface area contributed by atoms with E-state index in [1.54, 1.807) is 11.3 Å². The summed E-state index contributed by atoms with van der Waals surface area (Å²) in [6.07, 6.45) is 0. The lowest BCUT2D eigenvalue weighted by Crippen LogP contribution is -2.02. The molecule has 0 fully saturated rings. The molecule has 0 atom stereocenters. The number of rotatable bonds is 3. The topological polar surface area (TPSA) is 17.1 Å². The van der Waals surface area contributed by atoms with E-state index in [0.717, 1.165) is 22.3 Å². The molecule has 2 heteroatoms. The van der Waals surface area contributed by atoms with Crippen molar-refractivity contribution in [2.75, 3.05) is 0 Å². The smallest absolute Gasteiger partial charge is 0.193 e. The van der Waals surface area contributed by atoms with Gasteiger partial charge < -0.3 is 0 Å². The summed E-state index contributed by atoms with van der Waals surface area (Å²) in [5.74, 6) is 0.0662. The van der Waals surface area contributed by atoms with E-state index in [1.165, 1.54) is 10.1 Å². The standard InChI is InChI=1S/C21H14OS/c22-21(15-8-2-1-3-9-15)18-12-5-4-10-16(18)19-14-23-20-13-7-6-11-17(19)20/h1-14H. The van der Waals surface area contributed by atoms with Crippen molar-refractivity contribution in [2.24, 2.45) is 0 Å². The predicted octanol–water partition coefficient (Wildman–Crippen LogP) is 5.80. The van der Waals surface area contributed by atoms with Crippen LogP contribution in [0.1, 0.15) is 15.9 Å². The summed E-state index contributed by atoms with van der Waals surface area (Å²) in [5, 5.41) is 3.34. The largest absolute Gasteiger partial charge is 0.289 e. The Morgan fingerprint density at radius 1 is 0.696 bits per heavy atom. The van der Waals surface area contributed by atoms with Gasteiger partial charge in [-0.2, -0.15) is 0 Å². The van der Waals surface area contributed by atoms with Crippen LogP contribution in [0.15, 0.2) is 84.2 Å². The van der Waals surface area contributed by atoms with E-state index in [9.17, 15) is 4.79 Å². The van der Waals surface area contributed by atoms with E-state index in [1.807, 2.05) is 66.7 Å². The van der Waals surface area contributed by atoms with Crippen molar-refractivity contribution in [3.05, 3.63) is 95.4 Å². The highest BCUT2D eigenvalue weighted by Gasteiger charge is 2.16. The fourth-order valence-electron chi connectivity index (χ4n) is 2.85. The summed E-state index contributed by atoms with van der Waals surface area (Å²) in [7, 11) is 0. The summed E-state index contributed by atoms with van der Waals surface area (Å²) in [5.41, 5.74) is 3.60. The van der Waals surface area contributed by atoms with E-state index >= 15 is 0 Å². The van der Waals surface area contributed by atoms with Crippen LogP contribution in [0.25, 0.3) is 21.2 Å². The zero-order valence-electron chi connectivity index (χ0n) is 12.4. The Bertz CT molecular complexity index is 983. The van der Waals surface area contributed by atoms with Gasteiger partial charge in [0.05, 0.1) is 0 Å². The third-order valence-corrected chi connectivity index (χ3v) is 4.94. The maximum absolute atomic E-state index is 12.9. The number of fused-ring (bicyclic) bond motifs is 1. The van der Waals surface area contributed by atoms with Gasteiger partial charge in [-0.15, -0.1) is 11.3 Å². The minimum absolute atomic E-state index is 0.0662. The van der Waals surface area contributed by atoms with Gasteiger partial charge in [0.25, 0.3) is 0 Å². The molecule has 0 unspecified atom stereocenters. The van der Waals surface area contributed by atoms with Crippen LogP contribution >= 0.6 is 11.3 Å². The minimum Gasteiger partial charge on any atom is -0.289 e. The lowest BCUT2D eigenvalue weighted by atomic mass is 9.94. The van der Waals surface area contributed by atoms with Crippen LogP contribution in [-0.4, -0.2) is 5.78 Å². The van der Waals surface area contributed by atoms with Crippen molar-refractivity contribution >= 4 is 27.2 Å². The molecular formula is C21H14OS. The maximum Gasteiger partial charge on any atom is 0.193 e. The summed E-state index contributed by atoms with van der Waals surface area (Å²) in [6, 6.07) is 25.6. The van der Waals surface area contributed by atoms with Crippen molar-refractivity contribution in [3.8, 4) is 11.1 Å². The van der Waals surface area contributed by atoms with Crippen LogP contribution in [0.2, 0.25) is 0 Å². The second-order valence-corrected chi connectivity index (χ2v) is 6.30. The summed E-state index contributed by atoms with van der Waals surface area (Å²) < 4.78 is 1.24. The van der Waals surface area contributed by atoms with Crippen molar-refractivity contribution in [2.45, 2.75) is 0 Å². The predicted molar refractivity (Wildman–Crippen MR) is 97.1 cm³/mol. The highest BCUT2D eigenvalue weighted by atomic mass is 32.1.